The van der Waals surface area contributed by atoms with E-state index in [0.717, 1.165) is 16.7 Å². The summed E-state index contributed by atoms with van der Waals surface area (Å²) >= 11 is 18.9. The lowest BCUT2D eigenvalue weighted by Crippen LogP contribution is -2.14. The highest BCUT2D eigenvalue weighted by Crippen LogP contribution is 2.36. The summed E-state index contributed by atoms with van der Waals surface area (Å²) in [6, 6.07) is 18.0. The monoisotopic (exact) mass is 484 g/mol. The van der Waals surface area contributed by atoms with Crippen LogP contribution in [0.1, 0.15) is 22.3 Å². The van der Waals surface area contributed by atoms with Crippen LogP contribution >= 0.6 is 34.8 Å². The average molecular weight is 486 g/mol. The van der Waals surface area contributed by atoms with Crippen LogP contribution in [0.3, 0.4) is 0 Å². The number of rotatable bonds is 6. The SMILES string of the molecule is Cc1ccc(NC(=O)/C(C#N)=C/c2cc(Cl)c(OCc3ccccc3Cl)c(Cl)c2)c(C)c1. The topological polar surface area (TPSA) is 62.1 Å². The van der Waals surface area contributed by atoms with Gasteiger partial charge < -0.3 is 10.1 Å². The summed E-state index contributed by atoms with van der Waals surface area (Å²) in [4.78, 5) is 12.6. The summed E-state index contributed by atoms with van der Waals surface area (Å²) < 4.78 is 5.76. The number of nitriles is 1. The van der Waals surface area contributed by atoms with E-state index in [2.05, 4.69) is 5.32 Å². The standard InChI is InChI=1S/C25H19Cl3N2O2/c1-15-7-8-23(16(2)9-15)30-25(31)19(13-29)10-17-11-21(27)24(22(28)12-17)32-14-18-5-3-4-6-20(18)26/h3-12H,14H2,1-2H3,(H,30,31)/b19-10+. The lowest BCUT2D eigenvalue weighted by atomic mass is 10.1. The molecule has 0 heterocycles. The number of halogens is 3. The van der Waals surface area contributed by atoms with Crippen molar-refractivity contribution in [3.05, 3.63) is 97.5 Å². The number of benzene rings is 3. The fourth-order valence-corrected chi connectivity index (χ4v) is 3.83. The molecule has 0 saturated carbocycles. The van der Waals surface area contributed by atoms with E-state index in [9.17, 15) is 10.1 Å². The van der Waals surface area contributed by atoms with Gasteiger partial charge in [-0.1, -0.05) is 70.7 Å². The molecule has 0 bridgehead atoms. The van der Waals surface area contributed by atoms with Crippen molar-refractivity contribution in [1.82, 2.24) is 0 Å². The summed E-state index contributed by atoms with van der Waals surface area (Å²) in [6.45, 7) is 4.05. The van der Waals surface area contributed by atoms with Crippen molar-refractivity contribution in [3.63, 3.8) is 0 Å². The Balaban J connectivity index is 1.79. The summed E-state index contributed by atoms with van der Waals surface area (Å²) in [6.07, 6.45) is 1.43. The number of nitrogens with zero attached hydrogens (tertiary/aromatic N) is 1. The maximum atomic E-state index is 12.6. The quantitative estimate of drug-likeness (QED) is 0.292. The third-order valence-electron chi connectivity index (χ3n) is 4.66. The molecule has 0 saturated heterocycles. The van der Waals surface area contributed by atoms with Crippen molar-refractivity contribution in [2.45, 2.75) is 20.5 Å². The van der Waals surface area contributed by atoms with Crippen molar-refractivity contribution in [3.8, 4) is 11.8 Å². The fourth-order valence-electron chi connectivity index (χ4n) is 3.02. The van der Waals surface area contributed by atoms with Gasteiger partial charge in [0.1, 0.15) is 18.2 Å². The van der Waals surface area contributed by atoms with Gasteiger partial charge in [0, 0.05) is 16.3 Å². The van der Waals surface area contributed by atoms with E-state index in [-0.39, 0.29) is 22.2 Å². The second-order valence-corrected chi connectivity index (χ2v) is 8.36. The molecule has 3 rings (SSSR count). The largest absolute Gasteiger partial charge is 0.486 e. The van der Waals surface area contributed by atoms with E-state index in [4.69, 9.17) is 39.5 Å². The maximum absolute atomic E-state index is 12.6. The molecular formula is C25H19Cl3N2O2. The van der Waals surface area contributed by atoms with Crippen LogP contribution in [0.15, 0.2) is 60.2 Å². The first-order valence-electron chi connectivity index (χ1n) is 9.64. The second-order valence-electron chi connectivity index (χ2n) is 7.14. The van der Waals surface area contributed by atoms with Gasteiger partial charge in [-0.05, 0) is 55.3 Å². The molecule has 0 atom stereocenters. The Hall–Kier alpha value is -2.97. The number of anilines is 1. The first-order valence-corrected chi connectivity index (χ1v) is 10.8. The molecule has 0 aliphatic carbocycles. The highest BCUT2D eigenvalue weighted by atomic mass is 35.5. The third kappa shape index (κ3) is 5.83. The molecule has 0 spiro atoms. The van der Waals surface area contributed by atoms with E-state index in [1.54, 1.807) is 24.3 Å². The minimum Gasteiger partial charge on any atom is -0.486 e. The Kier molecular flexibility index (Phi) is 7.82. The molecule has 3 aromatic rings. The predicted octanol–water partition coefficient (Wildman–Crippen LogP) is 7.39. The third-order valence-corrected chi connectivity index (χ3v) is 5.59. The molecule has 7 heteroatoms. The number of nitrogens with one attached hydrogen (secondary N) is 1. The van der Waals surface area contributed by atoms with Crippen molar-refractivity contribution in [2.75, 3.05) is 5.32 Å². The van der Waals surface area contributed by atoms with Gasteiger partial charge in [0.05, 0.1) is 10.0 Å². The van der Waals surface area contributed by atoms with Crippen molar-refractivity contribution < 1.29 is 9.53 Å². The zero-order valence-electron chi connectivity index (χ0n) is 17.4. The Labute approximate surface area is 202 Å². The molecule has 1 amide bonds. The molecule has 0 unspecified atom stereocenters. The summed E-state index contributed by atoms with van der Waals surface area (Å²) in [7, 11) is 0. The lowest BCUT2D eigenvalue weighted by molar-refractivity contribution is -0.112. The maximum Gasteiger partial charge on any atom is 0.266 e. The first-order chi connectivity index (χ1) is 15.3. The Morgan fingerprint density at radius 3 is 2.34 bits per heavy atom. The number of carbonyl (C=O) groups is 1. The smallest absolute Gasteiger partial charge is 0.266 e. The van der Waals surface area contributed by atoms with E-state index < -0.39 is 5.91 Å². The van der Waals surface area contributed by atoms with Gasteiger partial charge in [-0.2, -0.15) is 5.26 Å². The Morgan fingerprint density at radius 1 is 1.03 bits per heavy atom. The highest BCUT2D eigenvalue weighted by Gasteiger charge is 2.14. The van der Waals surface area contributed by atoms with Gasteiger partial charge in [0.25, 0.3) is 5.91 Å². The molecule has 0 aliphatic rings. The van der Waals surface area contributed by atoms with Crippen LogP contribution < -0.4 is 10.1 Å². The Morgan fingerprint density at radius 2 is 1.72 bits per heavy atom. The molecule has 0 radical (unpaired) electrons. The lowest BCUT2D eigenvalue weighted by Gasteiger charge is -2.12. The predicted molar refractivity (Wildman–Crippen MR) is 130 cm³/mol. The average Bonchev–Trinajstić information content (AvgIpc) is 2.74. The number of ether oxygens (including phenoxy) is 1. The van der Waals surface area contributed by atoms with Crippen LogP contribution in [0.2, 0.25) is 15.1 Å². The van der Waals surface area contributed by atoms with Crippen molar-refractivity contribution in [2.24, 2.45) is 0 Å². The molecule has 0 aliphatic heterocycles. The summed E-state index contributed by atoms with van der Waals surface area (Å²) in [5.41, 5.74) is 3.83. The van der Waals surface area contributed by atoms with Crippen molar-refractivity contribution in [1.29, 1.82) is 5.26 Å². The van der Waals surface area contributed by atoms with Crippen LogP contribution in [-0.4, -0.2) is 5.91 Å². The van der Waals surface area contributed by atoms with Crippen LogP contribution in [0.25, 0.3) is 6.08 Å². The van der Waals surface area contributed by atoms with Crippen LogP contribution in [0, 0.1) is 25.2 Å². The van der Waals surface area contributed by atoms with Gasteiger partial charge in [-0.3, -0.25) is 4.79 Å². The molecule has 4 nitrogen and oxygen atoms in total. The highest BCUT2D eigenvalue weighted by molar-refractivity contribution is 6.37. The number of amides is 1. The summed E-state index contributed by atoms with van der Waals surface area (Å²) in [5, 5.41) is 13.3. The van der Waals surface area contributed by atoms with Gasteiger partial charge in [-0.15, -0.1) is 0 Å². The van der Waals surface area contributed by atoms with Gasteiger partial charge in [0.15, 0.2) is 5.75 Å². The van der Waals surface area contributed by atoms with Crippen LogP contribution in [0.5, 0.6) is 5.75 Å². The normalized spacial score (nSPS) is 11.1. The van der Waals surface area contributed by atoms with Gasteiger partial charge >= 0.3 is 0 Å². The molecule has 0 aromatic heterocycles. The molecule has 3 aromatic carbocycles. The number of hydrogen-bond acceptors (Lipinski definition) is 3. The van der Waals surface area contributed by atoms with Crippen LogP contribution in [0.4, 0.5) is 5.69 Å². The molecule has 32 heavy (non-hydrogen) atoms. The number of aryl methyl sites for hydroxylation is 2. The number of carbonyl (C=O) groups excluding carboxylic acids is 1. The van der Waals surface area contributed by atoms with E-state index in [1.165, 1.54) is 6.08 Å². The van der Waals surface area contributed by atoms with E-state index >= 15 is 0 Å². The molecule has 1 N–H and O–H groups in total. The zero-order chi connectivity index (χ0) is 23.3. The molecule has 0 fully saturated rings. The minimum absolute atomic E-state index is 0.0816. The number of hydrogen-bond donors (Lipinski definition) is 1. The minimum atomic E-state index is -0.522. The Bertz CT molecular complexity index is 1220. The van der Waals surface area contributed by atoms with Crippen LogP contribution in [-0.2, 0) is 11.4 Å². The second kappa shape index (κ2) is 10.6. The van der Waals surface area contributed by atoms with Crippen molar-refractivity contribution >= 4 is 52.5 Å². The molecule has 162 valence electrons. The van der Waals surface area contributed by atoms with E-state index in [1.807, 2.05) is 50.2 Å². The fraction of sp³-hybridized carbons (Fsp3) is 0.120. The van der Waals surface area contributed by atoms with Gasteiger partial charge in [-0.25, -0.2) is 0 Å². The summed E-state index contributed by atoms with van der Waals surface area (Å²) in [5.74, 6) is -0.227. The molecular weight excluding hydrogens is 467 g/mol. The van der Waals surface area contributed by atoms with E-state index in [0.29, 0.717) is 22.0 Å². The van der Waals surface area contributed by atoms with Gasteiger partial charge in [0.2, 0.25) is 0 Å². The first kappa shape index (κ1) is 23.7. The zero-order valence-corrected chi connectivity index (χ0v) is 19.6.